The highest BCUT2D eigenvalue weighted by Crippen LogP contribution is 2.36. The quantitative estimate of drug-likeness (QED) is 0.344. The van der Waals surface area contributed by atoms with Crippen LogP contribution >= 0.6 is 22.6 Å². The second-order valence-corrected chi connectivity index (χ2v) is 2.67. The zero-order valence-corrected chi connectivity index (χ0v) is 8.07. The minimum atomic E-state index is -4.75. The lowest BCUT2D eigenvalue weighted by Gasteiger charge is -2.21. The lowest BCUT2D eigenvalue weighted by atomic mass is 10.2. The first kappa shape index (κ1) is 11.9. The van der Waals surface area contributed by atoms with E-state index in [-0.39, 0.29) is 0 Å². The van der Waals surface area contributed by atoms with Gasteiger partial charge in [-0.1, -0.05) is 22.6 Å². The smallest absolute Gasteiger partial charge is 0.405 e. The highest BCUT2D eigenvalue weighted by molar-refractivity contribution is 14.1. The molecule has 0 aliphatic rings. The molecular formula is C5H5F4IO2. The molecule has 0 heterocycles. The molecule has 0 amide bonds. The SMILES string of the molecule is COC(=O)C(F)(F)C(F)(F)CI. The Hall–Kier alpha value is -0.0800. The fourth-order valence-corrected chi connectivity index (χ4v) is 0.840. The van der Waals surface area contributed by atoms with Crippen LogP contribution in [-0.2, 0) is 9.53 Å². The molecule has 0 aromatic rings. The molecule has 0 radical (unpaired) electrons. The molecule has 0 unspecified atom stereocenters. The van der Waals surface area contributed by atoms with E-state index in [4.69, 9.17) is 0 Å². The number of esters is 1. The molecule has 0 fully saturated rings. The number of alkyl halides is 5. The van der Waals surface area contributed by atoms with E-state index in [1.807, 2.05) is 0 Å². The van der Waals surface area contributed by atoms with Crippen LogP contribution < -0.4 is 0 Å². The number of halogens is 5. The average Bonchev–Trinajstić information content (AvgIpc) is 2.02. The Morgan fingerprint density at radius 3 is 2.08 bits per heavy atom. The maximum Gasteiger partial charge on any atom is 0.405 e. The molecule has 2 nitrogen and oxygen atoms in total. The molecule has 0 atom stereocenters. The summed E-state index contributed by atoms with van der Waals surface area (Å²) in [5, 5.41) is 0. The molecule has 0 saturated carbocycles. The Morgan fingerprint density at radius 1 is 1.42 bits per heavy atom. The third kappa shape index (κ3) is 1.99. The van der Waals surface area contributed by atoms with Crippen molar-refractivity contribution in [2.75, 3.05) is 11.5 Å². The maximum absolute atomic E-state index is 12.4. The number of methoxy groups -OCH3 is 1. The lowest BCUT2D eigenvalue weighted by molar-refractivity contribution is -0.217. The molecule has 0 bridgehead atoms. The van der Waals surface area contributed by atoms with Gasteiger partial charge in [0, 0.05) is 0 Å². The van der Waals surface area contributed by atoms with E-state index in [1.165, 1.54) is 0 Å². The van der Waals surface area contributed by atoms with Crippen molar-refractivity contribution in [3.8, 4) is 0 Å². The van der Waals surface area contributed by atoms with Gasteiger partial charge in [-0.05, 0) is 0 Å². The minimum absolute atomic E-state index is 0.625. The molecule has 12 heavy (non-hydrogen) atoms. The summed E-state index contributed by atoms with van der Waals surface area (Å²) in [7, 11) is 0.625. The number of carbonyl (C=O) groups excluding carboxylic acids is 1. The molecule has 0 aliphatic heterocycles. The van der Waals surface area contributed by atoms with Gasteiger partial charge in [0.1, 0.15) is 0 Å². The van der Waals surface area contributed by atoms with Crippen LogP contribution in [0.2, 0.25) is 0 Å². The zero-order valence-electron chi connectivity index (χ0n) is 5.91. The van der Waals surface area contributed by atoms with Crippen molar-refractivity contribution >= 4 is 28.6 Å². The van der Waals surface area contributed by atoms with Crippen molar-refractivity contribution in [1.29, 1.82) is 0 Å². The van der Waals surface area contributed by atoms with Gasteiger partial charge in [0.2, 0.25) is 0 Å². The van der Waals surface area contributed by atoms with Crippen LogP contribution in [0, 0.1) is 0 Å². The van der Waals surface area contributed by atoms with Gasteiger partial charge in [-0.3, -0.25) is 0 Å². The van der Waals surface area contributed by atoms with E-state index >= 15 is 0 Å². The van der Waals surface area contributed by atoms with Crippen LogP contribution in [0.1, 0.15) is 0 Å². The van der Waals surface area contributed by atoms with Crippen LogP contribution in [0.4, 0.5) is 17.6 Å². The molecule has 7 heteroatoms. The van der Waals surface area contributed by atoms with Gasteiger partial charge >= 0.3 is 17.8 Å². The fourth-order valence-electron chi connectivity index (χ4n) is 0.361. The Morgan fingerprint density at radius 2 is 1.83 bits per heavy atom. The summed E-state index contributed by atoms with van der Waals surface area (Å²) in [6, 6.07) is 0. The van der Waals surface area contributed by atoms with Crippen molar-refractivity contribution in [2.24, 2.45) is 0 Å². The molecule has 72 valence electrons. The van der Waals surface area contributed by atoms with E-state index in [0.717, 1.165) is 22.6 Å². The first-order chi connectivity index (χ1) is 5.29. The summed E-state index contributed by atoms with van der Waals surface area (Å²) in [6.45, 7) is 0. The van der Waals surface area contributed by atoms with Crippen molar-refractivity contribution in [3.05, 3.63) is 0 Å². The summed E-state index contributed by atoms with van der Waals surface area (Å²) in [6.07, 6.45) is 0. The van der Waals surface area contributed by atoms with E-state index in [1.54, 1.807) is 0 Å². The van der Waals surface area contributed by atoms with Crippen molar-refractivity contribution in [1.82, 2.24) is 0 Å². The van der Waals surface area contributed by atoms with Crippen LogP contribution in [0.25, 0.3) is 0 Å². The number of hydrogen-bond acceptors (Lipinski definition) is 2. The van der Waals surface area contributed by atoms with Crippen molar-refractivity contribution in [2.45, 2.75) is 11.8 Å². The number of ether oxygens (including phenoxy) is 1. The standard InChI is InChI=1S/C5H5F4IO2/c1-12-3(11)5(8,9)4(6,7)2-10/h2H2,1H3. The normalized spacial score (nSPS) is 12.8. The molecule has 0 aliphatic carbocycles. The van der Waals surface area contributed by atoms with Crippen LogP contribution in [-0.4, -0.2) is 29.4 Å². The summed E-state index contributed by atoms with van der Waals surface area (Å²) in [5.74, 6) is -11.3. The highest BCUT2D eigenvalue weighted by atomic mass is 127. The van der Waals surface area contributed by atoms with Gasteiger partial charge in [0.25, 0.3) is 0 Å². The van der Waals surface area contributed by atoms with Gasteiger partial charge in [0.15, 0.2) is 0 Å². The second kappa shape index (κ2) is 3.75. The largest absolute Gasteiger partial charge is 0.464 e. The lowest BCUT2D eigenvalue weighted by Crippen LogP contribution is -2.48. The molecule has 0 rings (SSSR count). The summed E-state index contributed by atoms with van der Waals surface area (Å²) in [5.41, 5.74) is 0. The van der Waals surface area contributed by atoms with Gasteiger partial charge in [-0.15, -0.1) is 0 Å². The summed E-state index contributed by atoms with van der Waals surface area (Å²) in [4.78, 5) is 10.2. The number of carbonyl (C=O) groups is 1. The fraction of sp³-hybridized carbons (Fsp3) is 0.800. The van der Waals surface area contributed by atoms with Gasteiger partial charge in [0.05, 0.1) is 11.5 Å². The Kier molecular flexibility index (Phi) is 3.73. The third-order valence-corrected chi connectivity index (χ3v) is 2.03. The predicted octanol–water partition coefficient (Wildman–Crippen LogP) is 1.86. The van der Waals surface area contributed by atoms with Gasteiger partial charge < -0.3 is 4.74 Å². The molecule has 0 spiro atoms. The minimum Gasteiger partial charge on any atom is -0.464 e. The maximum atomic E-state index is 12.4. The van der Waals surface area contributed by atoms with Crippen LogP contribution in [0.5, 0.6) is 0 Å². The Labute approximate surface area is 79.4 Å². The topological polar surface area (TPSA) is 26.3 Å². The van der Waals surface area contributed by atoms with Crippen LogP contribution in [0.15, 0.2) is 0 Å². The molecular weight excluding hydrogens is 295 g/mol. The van der Waals surface area contributed by atoms with Crippen molar-refractivity contribution in [3.63, 3.8) is 0 Å². The molecule has 0 aromatic carbocycles. The average molecular weight is 300 g/mol. The summed E-state index contributed by atoms with van der Waals surface area (Å²) < 4.78 is 51.7. The number of hydrogen-bond donors (Lipinski definition) is 0. The molecule has 0 aromatic heterocycles. The zero-order chi connectivity index (χ0) is 9.99. The first-order valence-electron chi connectivity index (χ1n) is 2.69. The van der Waals surface area contributed by atoms with Gasteiger partial charge in [-0.25, -0.2) is 4.79 Å². The predicted molar refractivity (Wildman–Crippen MR) is 40.8 cm³/mol. The second-order valence-electron chi connectivity index (χ2n) is 1.90. The Balaban J connectivity index is 4.71. The van der Waals surface area contributed by atoms with E-state index in [2.05, 4.69) is 4.74 Å². The van der Waals surface area contributed by atoms with Crippen molar-refractivity contribution < 1.29 is 27.1 Å². The summed E-state index contributed by atoms with van der Waals surface area (Å²) >= 11 is 1.07. The van der Waals surface area contributed by atoms with E-state index < -0.39 is 22.2 Å². The third-order valence-electron chi connectivity index (χ3n) is 1.07. The number of rotatable bonds is 3. The molecule has 0 N–H and O–H groups in total. The van der Waals surface area contributed by atoms with E-state index in [9.17, 15) is 22.4 Å². The van der Waals surface area contributed by atoms with Crippen LogP contribution in [0.3, 0.4) is 0 Å². The first-order valence-corrected chi connectivity index (χ1v) is 4.22. The Bertz CT molecular complexity index is 182. The van der Waals surface area contributed by atoms with E-state index in [0.29, 0.717) is 7.11 Å². The molecule has 0 saturated heterocycles. The van der Waals surface area contributed by atoms with Gasteiger partial charge in [-0.2, -0.15) is 17.6 Å². The highest BCUT2D eigenvalue weighted by Gasteiger charge is 2.62. The monoisotopic (exact) mass is 300 g/mol.